The number of ether oxygens (including phenoxy) is 1. The molecule has 0 saturated heterocycles. The van der Waals surface area contributed by atoms with Crippen LogP contribution in [0.3, 0.4) is 0 Å². The number of carbonyl (C=O) groups is 2. The third kappa shape index (κ3) is 4.05. The average molecular weight is 322 g/mol. The Morgan fingerprint density at radius 3 is 2.45 bits per heavy atom. The Kier molecular flexibility index (Phi) is 5.12. The topological polar surface area (TPSA) is 55.4 Å². The van der Waals surface area contributed by atoms with Gasteiger partial charge in [-0.05, 0) is 42.5 Å². The molecule has 0 fully saturated rings. The van der Waals surface area contributed by atoms with E-state index in [2.05, 4.69) is 5.32 Å². The molecule has 0 atom stereocenters. The molecule has 0 spiro atoms. The first-order chi connectivity index (χ1) is 10.5. The minimum Gasteiger partial charge on any atom is -0.427 e. The van der Waals surface area contributed by atoms with Crippen LogP contribution in [0.1, 0.15) is 23.7 Å². The first kappa shape index (κ1) is 16.0. The van der Waals surface area contributed by atoms with Crippen molar-refractivity contribution in [3.05, 3.63) is 58.9 Å². The van der Waals surface area contributed by atoms with Crippen LogP contribution in [0, 0.1) is 5.82 Å². The van der Waals surface area contributed by atoms with Crippen LogP contribution in [0.2, 0.25) is 5.02 Å². The fourth-order valence-electron chi connectivity index (χ4n) is 1.66. The van der Waals surface area contributed by atoms with Gasteiger partial charge in [-0.3, -0.25) is 9.59 Å². The van der Waals surface area contributed by atoms with Crippen molar-refractivity contribution in [1.82, 2.24) is 0 Å². The number of hydrogen-bond acceptors (Lipinski definition) is 3. The maximum atomic E-state index is 13.1. The van der Waals surface area contributed by atoms with Crippen LogP contribution >= 0.6 is 11.6 Å². The summed E-state index contributed by atoms with van der Waals surface area (Å²) in [5.74, 6) is -0.913. The van der Waals surface area contributed by atoms with E-state index < -0.39 is 5.82 Å². The molecule has 1 amide bonds. The van der Waals surface area contributed by atoms with Crippen molar-refractivity contribution < 1.29 is 18.7 Å². The predicted molar refractivity (Wildman–Crippen MR) is 81.7 cm³/mol. The first-order valence-electron chi connectivity index (χ1n) is 6.56. The quantitative estimate of drug-likeness (QED) is 0.683. The van der Waals surface area contributed by atoms with Gasteiger partial charge in [0.25, 0.3) is 5.91 Å². The summed E-state index contributed by atoms with van der Waals surface area (Å²) in [5, 5.41) is 2.53. The molecule has 0 heterocycles. The van der Waals surface area contributed by atoms with Crippen molar-refractivity contribution in [2.24, 2.45) is 0 Å². The fraction of sp³-hybridized carbons (Fsp3) is 0.125. The molecule has 114 valence electrons. The van der Waals surface area contributed by atoms with Crippen molar-refractivity contribution in [1.29, 1.82) is 0 Å². The Labute approximate surface area is 131 Å². The number of hydrogen-bond donors (Lipinski definition) is 1. The Morgan fingerprint density at radius 2 is 1.86 bits per heavy atom. The van der Waals surface area contributed by atoms with Gasteiger partial charge in [0.1, 0.15) is 11.6 Å². The summed E-state index contributed by atoms with van der Waals surface area (Å²) in [6.45, 7) is 1.69. The lowest BCUT2D eigenvalue weighted by molar-refractivity contribution is -0.134. The molecule has 2 aromatic carbocycles. The van der Waals surface area contributed by atoms with Gasteiger partial charge in [-0.25, -0.2) is 4.39 Å². The molecule has 4 nitrogen and oxygen atoms in total. The molecule has 0 aliphatic rings. The van der Waals surface area contributed by atoms with Crippen molar-refractivity contribution in [2.45, 2.75) is 13.3 Å². The van der Waals surface area contributed by atoms with Gasteiger partial charge < -0.3 is 10.1 Å². The van der Waals surface area contributed by atoms with Crippen molar-refractivity contribution in [3.63, 3.8) is 0 Å². The maximum absolute atomic E-state index is 13.1. The minimum atomic E-state index is -0.554. The van der Waals surface area contributed by atoms with E-state index in [4.69, 9.17) is 16.3 Å². The van der Waals surface area contributed by atoms with Crippen LogP contribution in [0.4, 0.5) is 10.1 Å². The smallest absolute Gasteiger partial charge is 0.310 e. The van der Waals surface area contributed by atoms with Gasteiger partial charge >= 0.3 is 5.97 Å². The summed E-state index contributed by atoms with van der Waals surface area (Å²) in [4.78, 5) is 23.2. The zero-order chi connectivity index (χ0) is 16.1. The Hall–Kier alpha value is -2.40. The van der Waals surface area contributed by atoms with Gasteiger partial charge in [-0.2, -0.15) is 0 Å². The van der Waals surface area contributed by atoms with E-state index in [0.717, 1.165) is 0 Å². The summed E-state index contributed by atoms with van der Waals surface area (Å²) >= 11 is 5.65. The second-order valence-corrected chi connectivity index (χ2v) is 4.84. The lowest BCUT2D eigenvalue weighted by atomic mass is 10.2. The molecular weight excluding hydrogens is 309 g/mol. The average Bonchev–Trinajstić information content (AvgIpc) is 2.51. The highest BCUT2D eigenvalue weighted by molar-refractivity contribution is 6.31. The molecule has 0 unspecified atom stereocenters. The van der Waals surface area contributed by atoms with Gasteiger partial charge in [0.05, 0.1) is 5.02 Å². The van der Waals surface area contributed by atoms with Crippen LogP contribution in [0.15, 0.2) is 42.5 Å². The molecule has 2 aromatic rings. The second-order valence-electron chi connectivity index (χ2n) is 4.44. The van der Waals surface area contributed by atoms with Crippen LogP contribution in [-0.2, 0) is 4.79 Å². The summed E-state index contributed by atoms with van der Waals surface area (Å²) in [6, 6.07) is 10.0. The van der Waals surface area contributed by atoms with Crippen molar-refractivity contribution in [2.75, 3.05) is 5.32 Å². The monoisotopic (exact) mass is 321 g/mol. The molecule has 0 radical (unpaired) electrons. The van der Waals surface area contributed by atoms with Gasteiger partial charge in [0.2, 0.25) is 0 Å². The van der Waals surface area contributed by atoms with E-state index in [1.807, 2.05) is 0 Å². The highest BCUT2D eigenvalue weighted by Crippen LogP contribution is 2.20. The highest BCUT2D eigenvalue weighted by Gasteiger charge is 2.09. The zero-order valence-corrected chi connectivity index (χ0v) is 12.5. The van der Waals surface area contributed by atoms with E-state index in [9.17, 15) is 14.0 Å². The molecule has 22 heavy (non-hydrogen) atoms. The fourth-order valence-corrected chi connectivity index (χ4v) is 1.84. The van der Waals surface area contributed by atoms with E-state index in [-0.39, 0.29) is 23.3 Å². The molecule has 2 rings (SSSR count). The van der Waals surface area contributed by atoms with Gasteiger partial charge in [0.15, 0.2) is 0 Å². The molecule has 6 heteroatoms. The number of carbonyl (C=O) groups excluding carboxylic acids is 2. The summed E-state index contributed by atoms with van der Waals surface area (Å²) in [6.07, 6.45) is 0.271. The molecule has 0 bridgehead atoms. The molecule has 0 aliphatic carbocycles. The van der Waals surface area contributed by atoms with Crippen LogP contribution in [-0.4, -0.2) is 11.9 Å². The van der Waals surface area contributed by atoms with Gasteiger partial charge in [-0.15, -0.1) is 0 Å². The zero-order valence-electron chi connectivity index (χ0n) is 11.7. The standard InChI is InChI=1S/C16H13ClFNO3/c1-2-15(20)22-12-6-3-10(4-7-12)16(21)19-11-5-8-14(18)13(17)9-11/h3-9H,2H2,1H3,(H,19,21). The molecule has 0 aromatic heterocycles. The van der Waals surface area contributed by atoms with E-state index in [1.165, 1.54) is 42.5 Å². The molecule has 1 N–H and O–H groups in total. The van der Waals surface area contributed by atoms with Crippen LogP contribution in [0.5, 0.6) is 5.75 Å². The van der Waals surface area contributed by atoms with Crippen LogP contribution < -0.4 is 10.1 Å². The number of nitrogens with one attached hydrogen (secondary N) is 1. The van der Waals surface area contributed by atoms with Gasteiger partial charge in [-0.1, -0.05) is 18.5 Å². The second kappa shape index (κ2) is 7.04. The normalized spacial score (nSPS) is 10.1. The first-order valence-corrected chi connectivity index (χ1v) is 6.94. The third-order valence-electron chi connectivity index (χ3n) is 2.81. The van der Waals surface area contributed by atoms with Gasteiger partial charge in [0, 0.05) is 17.7 Å². The lowest BCUT2D eigenvalue weighted by Crippen LogP contribution is -2.12. The van der Waals surface area contributed by atoms with Crippen LogP contribution in [0.25, 0.3) is 0 Å². The Bertz CT molecular complexity index is 701. The number of halogens is 2. The predicted octanol–water partition coefficient (Wildman–Crippen LogP) is 4.05. The SMILES string of the molecule is CCC(=O)Oc1ccc(C(=O)Nc2ccc(F)c(Cl)c2)cc1. The minimum absolute atomic E-state index is 0.0698. The van der Waals surface area contributed by atoms with Crippen molar-refractivity contribution in [3.8, 4) is 5.75 Å². The Morgan fingerprint density at radius 1 is 1.18 bits per heavy atom. The van der Waals surface area contributed by atoms with E-state index in [0.29, 0.717) is 17.0 Å². The molecular formula is C16H13ClFNO3. The maximum Gasteiger partial charge on any atom is 0.310 e. The lowest BCUT2D eigenvalue weighted by Gasteiger charge is -2.07. The summed E-state index contributed by atoms with van der Waals surface area (Å²) in [7, 11) is 0. The number of rotatable bonds is 4. The summed E-state index contributed by atoms with van der Waals surface area (Å²) < 4.78 is 18.1. The largest absolute Gasteiger partial charge is 0.427 e. The number of benzene rings is 2. The Balaban J connectivity index is 2.06. The number of esters is 1. The highest BCUT2D eigenvalue weighted by atomic mass is 35.5. The third-order valence-corrected chi connectivity index (χ3v) is 3.10. The van der Waals surface area contributed by atoms with E-state index in [1.54, 1.807) is 6.92 Å². The van der Waals surface area contributed by atoms with Crippen molar-refractivity contribution >= 4 is 29.2 Å². The number of anilines is 1. The van der Waals surface area contributed by atoms with E-state index >= 15 is 0 Å². The molecule has 0 saturated carbocycles. The number of amides is 1. The summed E-state index contributed by atoms with van der Waals surface area (Å²) in [5.41, 5.74) is 0.759. The molecule has 0 aliphatic heterocycles.